The zero-order valence-electron chi connectivity index (χ0n) is 18.1. The van der Waals surface area contributed by atoms with E-state index >= 15 is 0 Å². The number of carbonyl (C=O) groups is 2. The monoisotopic (exact) mass is 507 g/mol. The molecule has 1 aliphatic rings. The number of rotatable bonds is 9. The molecule has 3 aromatic rings. The third kappa shape index (κ3) is 6.21. The van der Waals surface area contributed by atoms with Gasteiger partial charge >= 0.3 is 6.09 Å². The molecule has 0 aromatic heterocycles. The summed E-state index contributed by atoms with van der Waals surface area (Å²) < 4.78 is 6.49. The van der Waals surface area contributed by atoms with E-state index in [2.05, 4.69) is 21.4 Å². The van der Waals surface area contributed by atoms with Crippen LogP contribution >= 0.6 is 15.9 Å². The fourth-order valence-electron chi connectivity index (χ4n) is 3.66. The second-order valence-corrected chi connectivity index (χ2v) is 9.10. The molecule has 7 heteroatoms. The van der Waals surface area contributed by atoms with Gasteiger partial charge in [-0.2, -0.15) is 0 Å². The molecule has 33 heavy (non-hydrogen) atoms. The highest BCUT2D eigenvalue weighted by Gasteiger charge is 2.34. The van der Waals surface area contributed by atoms with Crippen LogP contribution in [0.25, 0.3) is 0 Å². The first-order chi connectivity index (χ1) is 16.0. The molecule has 0 aliphatic heterocycles. The summed E-state index contributed by atoms with van der Waals surface area (Å²) in [5.41, 5.74) is 12.7. The first kappa shape index (κ1) is 23.0. The number of nitrogens with two attached hydrogens (primary N) is 1. The number of nitrogens with zero attached hydrogens (tertiary/aromatic N) is 1. The third-order valence-electron chi connectivity index (χ3n) is 5.68. The molecule has 0 saturated heterocycles. The molecule has 1 amide bonds. The van der Waals surface area contributed by atoms with Crippen LogP contribution in [0.15, 0.2) is 83.3 Å². The van der Waals surface area contributed by atoms with E-state index in [0.29, 0.717) is 18.0 Å². The number of aldehydes is 1. The third-order valence-corrected chi connectivity index (χ3v) is 6.21. The minimum atomic E-state index is -0.749. The number of anilines is 1. The standard InChI is InChI=1S/C26H26BrN3O3/c27-21-10-6-19(7-11-21)17-33-26(32)30(23(16-31)14-18-4-2-1-3-5-18)29-22-12-8-20(9-13-22)24-15-25(24)28/h1-13,16,23-25,29H,14-15,17,28H2/t23?,24-,25+/m0/s1. The summed E-state index contributed by atoms with van der Waals surface area (Å²) in [6, 6.07) is 24.3. The first-order valence-electron chi connectivity index (χ1n) is 10.9. The van der Waals surface area contributed by atoms with Crippen molar-refractivity contribution in [3.63, 3.8) is 0 Å². The van der Waals surface area contributed by atoms with Crippen molar-refractivity contribution in [3.8, 4) is 0 Å². The number of nitrogens with one attached hydrogen (secondary N) is 1. The van der Waals surface area contributed by atoms with E-state index < -0.39 is 12.1 Å². The molecule has 3 atom stereocenters. The van der Waals surface area contributed by atoms with Gasteiger partial charge in [0.25, 0.3) is 0 Å². The Morgan fingerprint density at radius 2 is 1.73 bits per heavy atom. The molecule has 0 radical (unpaired) electrons. The summed E-state index contributed by atoms with van der Waals surface area (Å²) in [5, 5.41) is 1.26. The van der Waals surface area contributed by atoms with Gasteiger partial charge in [-0.15, -0.1) is 0 Å². The van der Waals surface area contributed by atoms with Gasteiger partial charge in [-0.1, -0.05) is 70.5 Å². The Labute approximate surface area is 201 Å². The molecular formula is C26H26BrN3O3. The average Bonchev–Trinajstić information content (AvgIpc) is 3.58. The summed E-state index contributed by atoms with van der Waals surface area (Å²) in [6.45, 7) is 0.0969. The minimum Gasteiger partial charge on any atom is -0.443 e. The maximum Gasteiger partial charge on any atom is 0.429 e. The molecule has 1 saturated carbocycles. The molecular weight excluding hydrogens is 482 g/mol. The maximum atomic E-state index is 13.1. The Bertz CT molecular complexity index is 1070. The molecule has 0 heterocycles. The van der Waals surface area contributed by atoms with Crippen LogP contribution in [-0.4, -0.2) is 29.5 Å². The number of hydrogen-bond acceptors (Lipinski definition) is 5. The number of ether oxygens (including phenoxy) is 1. The van der Waals surface area contributed by atoms with E-state index in [1.54, 1.807) is 0 Å². The summed E-state index contributed by atoms with van der Waals surface area (Å²) in [7, 11) is 0. The van der Waals surface area contributed by atoms with Crippen molar-refractivity contribution in [2.24, 2.45) is 5.73 Å². The molecule has 1 fully saturated rings. The SMILES string of the molecule is N[C@@H]1C[C@H]1c1ccc(NN(C(=O)OCc2ccc(Br)cc2)C(C=O)Cc2ccccc2)cc1. The molecule has 1 aliphatic carbocycles. The van der Waals surface area contributed by atoms with Gasteiger partial charge in [0.1, 0.15) is 18.9 Å². The second-order valence-electron chi connectivity index (χ2n) is 8.18. The van der Waals surface area contributed by atoms with Crippen LogP contribution in [0.4, 0.5) is 10.5 Å². The Morgan fingerprint density at radius 1 is 1.06 bits per heavy atom. The largest absolute Gasteiger partial charge is 0.443 e. The highest BCUT2D eigenvalue weighted by Crippen LogP contribution is 2.39. The minimum absolute atomic E-state index is 0.0969. The molecule has 6 nitrogen and oxygen atoms in total. The second kappa shape index (κ2) is 10.6. The van der Waals surface area contributed by atoms with Crippen LogP contribution < -0.4 is 11.2 Å². The van der Waals surface area contributed by atoms with Crippen molar-refractivity contribution in [2.75, 3.05) is 5.43 Å². The number of hydrazine groups is 1. The molecule has 3 aromatic carbocycles. The Balaban J connectivity index is 1.50. The van der Waals surface area contributed by atoms with Crippen molar-refractivity contribution in [1.82, 2.24) is 5.01 Å². The van der Waals surface area contributed by atoms with E-state index in [1.807, 2.05) is 78.9 Å². The van der Waals surface area contributed by atoms with Gasteiger partial charge in [-0.3, -0.25) is 5.43 Å². The fourth-order valence-corrected chi connectivity index (χ4v) is 3.92. The molecule has 1 unspecified atom stereocenters. The lowest BCUT2D eigenvalue weighted by Gasteiger charge is -2.29. The van der Waals surface area contributed by atoms with Gasteiger partial charge in [-0.25, -0.2) is 9.80 Å². The van der Waals surface area contributed by atoms with Gasteiger partial charge in [0.2, 0.25) is 0 Å². The Morgan fingerprint density at radius 3 is 2.33 bits per heavy atom. The predicted molar refractivity (Wildman–Crippen MR) is 132 cm³/mol. The van der Waals surface area contributed by atoms with Gasteiger partial charge in [0.15, 0.2) is 0 Å². The summed E-state index contributed by atoms with van der Waals surface area (Å²) in [6.07, 6.45) is 1.49. The molecule has 4 rings (SSSR count). The molecule has 0 bridgehead atoms. The zero-order chi connectivity index (χ0) is 23.2. The van der Waals surface area contributed by atoms with E-state index in [4.69, 9.17) is 10.5 Å². The van der Waals surface area contributed by atoms with Crippen LogP contribution in [0.5, 0.6) is 0 Å². The van der Waals surface area contributed by atoms with Crippen molar-refractivity contribution >= 4 is 34.0 Å². The Hall–Kier alpha value is -3.16. The normalized spacial score (nSPS) is 17.6. The number of benzene rings is 3. The highest BCUT2D eigenvalue weighted by molar-refractivity contribution is 9.10. The van der Waals surface area contributed by atoms with Gasteiger partial charge < -0.3 is 15.3 Å². The number of hydrogen-bond donors (Lipinski definition) is 2. The van der Waals surface area contributed by atoms with Crippen molar-refractivity contribution in [1.29, 1.82) is 0 Å². The van der Waals surface area contributed by atoms with Crippen molar-refractivity contribution < 1.29 is 14.3 Å². The quantitative estimate of drug-likeness (QED) is 0.313. The highest BCUT2D eigenvalue weighted by atomic mass is 79.9. The van der Waals surface area contributed by atoms with Crippen LogP contribution in [0.1, 0.15) is 29.0 Å². The smallest absolute Gasteiger partial charge is 0.429 e. The van der Waals surface area contributed by atoms with Crippen LogP contribution in [0.3, 0.4) is 0 Å². The number of carbonyl (C=O) groups excluding carboxylic acids is 2. The van der Waals surface area contributed by atoms with E-state index in [9.17, 15) is 9.59 Å². The topological polar surface area (TPSA) is 84.7 Å². The maximum absolute atomic E-state index is 13.1. The number of halogens is 1. The molecule has 170 valence electrons. The lowest BCUT2D eigenvalue weighted by molar-refractivity contribution is -0.111. The molecule has 3 N–H and O–H groups in total. The summed E-state index contributed by atoms with van der Waals surface area (Å²) in [5.74, 6) is 0.395. The van der Waals surface area contributed by atoms with Gasteiger partial charge in [0, 0.05) is 22.9 Å². The molecule has 0 spiro atoms. The van der Waals surface area contributed by atoms with E-state index in [1.165, 1.54) is 10.6 Å². The Kier molecular flexibility index (Phi) is 7.42. The van der Waals surface area contributed by atoms with Crippen molar-refractivity contribution in [3.05, 3.63) is 100 Å². The summed E-state index contributed by atoms with van der Waals surface area (Å²) >= 11 is 3.39. The zero-order valence-corrected chi connectivity index (χ0v) is 19.6. The van der Waals surface area contributed by atoms with Gasteiger partial charge in [-0.05, 0) is 47.4 Å². The van der Waals surface area contributed by atoms with Crippen LogP contribution in [0, 0.1) is 0 Å². The van der Waals surface area contributed by atoms with E-state index in [0.717, 1.165) is 28.3 Å². The lowest BCUT2D eigenvalue weighted by Crippen LogP contribution is -2.46. The lowest BCUT2D eigenvalue weighted by atomic mass is 10.1. The van der Waals surface area contributed by atoms with E-state index in [-0.39, 0.29) is 12.6 Å². The van der Waals surface area contributed by atoms with Gasteiger partial charge in [0.05, 0.1) is 5.69 Å². The number of amides is 1. The first-order valence-corrected chi connectivity index (χ1v) is 11.6. The average molecular weight is 508 g/mol. The van der Waals surface area contributed by atoms with Crippen molar-refractivity contribution in [2.45, 2.75) is 37.5 Å². The fraction of sp³-hybridized carbons (Fsp3) is 0.231. The van der Waals surface area contributed by atoms with Crippen LogP contribution in [-0.2, 0) is 22.6 Å². The predicted octanol–water partition coefficient (Wildman–Crippen LogP) is 5.04. The summed E-state index contributed by atoms with van der Waals surface area (Å²) in [4.78, 5) is 25.1. The van der Waals surface area contributed by atoms with Crippen LogP contribution in [0.2, 0.25) is 0 Å².